The number of amides is 2. The van der Waals surface area contributed by atoms with Gasteiger partial charge in [-0.3, -0.25) is 0 Å². The van der Waals surface area contributed by atoms with E-state index < -0.39 is 0 Å². The number of halogens is 1. The first-order chi connectivity index (χ1) is 9.10. The van der Waals surface area contributed by atoms with E-state index >= 15 is 0 Å². The molecule has 0 radical (unpaired) electrons. The standard InChI is InChI=1S/C14H16ClN3O/c1-10-2-3-12(8-13(10)15)17-14(19)18-6-4-11(9-16)5-7-18/h2-3,8,11H,4-7H2,1H3,(H,17,19). The number of carbonyl (C=O) groups is 1. The molecule has 0 atom stereocenters. The van der Waals surface area contributed by atoms with Crippen LogP contribution in [-0.2, 0) is 0 Å². The van der Waals surface area contributed by atoms with Crippen LogP contribution in [0.3, 0.4) is 0 Å². The highest BCUT2D eigenvalue weighted by molar-refractivity contribution is 6.31. The van der Waals surface area contributed by atoms with Gasteiger partial charge in [-0.15, -0.1) is 0 Å². The Morgan fingerprint density at radius 3 is 2.74 bits per heavy atom. The lowest BCUT2D eigenvalue weighted by Gasteiger charge is -2.29. The number of nitriles is 1. The van der Waals surface area contributed by atoms with E-state index in [4.69, 9.17) is 16.9 Å². The largest absolute Gasteiger partial charge is 0.324 e. The molecule has 2 amide bonds. The van der Waals surface area contributed by atoms with E-state index in [2.05, 4.69) is 11.4 Å². The van der Waals surface area contributed by atoms with Crippen molar-refractivity contribution in [3.05, 3.63) is 28.8 Å². The molecule has 1 fully saturated rings. The van der Waals surface area contributed by atoms with Crippen LogP contribution in [0, 0.1) is 24.2 Å². The first kappa shape index (κ1) is 13.7. The molecule has 0 bridgehead atoms. The van der Waals surface area contributed by atoms with E-state index in [1.54, 1.807) is 11.0 Å². The first-order valence-corrected chi connectivity index (χ1v) is 6.69. The van der Waals surface area contributed by atoms with E-state index in [0.29, 0.717) is 23.8 Å². The molecule has 1 aromatic carbocycles. The summed E-state index contributed by atoms with van der Waals surface area (Å²) in [6, 6.07) is 7.58. The summed E-state index contributed by atoms with van der Waals surface area (Å²) >= 11 is 6.02. The molecule has 0 aliphatic carbocycles. The second-order valence-electron chi connectivity index (χ2n) is 4.78. The molecule has 1 heterocycles. The molecule has 0 aromatic heterocycles. The molecule has 4 nitrogen and oxygen atoms in total. The molecule has 100 valence electrons. The van der Waals surface area contributed by atoms with E-state index in [1.165, 1.54) is 0 Å². The Morgan fingerprint density at radius 1 is 1.47 bits per heavy atom. The number of benzene rings is 1. The van der Waals surface area contributed by atoms with Gasteiger partial charge in [0.2, 0.25) is 0 Å². The predicted molar refractivity (Wildman–Crippen MR) is 75.1 cm³/mol. The third-order valence-corrected chi connectivity index (χ3v) is 3.80. The molecule has 2 rings (SSSR count). The number of carbonyl (C=O) groups excluding carboxylic acids is 1. The number of hydrogen-bond donors (Lipinski definition) is 1. The van der Waals surface area contributed by atoms with Gasteiger partial charge in [0.1, 0.15) is 0 Å². The van der Waals surface area contributed by atoms with Crippen LogP contribution < -0.4 is 5.32 Å². The van der Waals surface area contributed by atoms with E-state index in [9.17, 15) is 4.79 Å². The monoisotopic (exact) mass is 277 g/mol. The van der Waals surface area contributed by atoms with Gasteiger partial charge in [0.15, 0.2) is 0 Å². The van der Waals surface area contributed by atoms with Gasteiger partial charge in [0.05, 0.1) is 6.07 Å². The van der Waals surface area contributed by atoms with Gasteiger partial charge in [0, 0.05) is 29.7 Å². The number of urea groups is 1. The molecule has 0 unspecified atom stereocenters. The number of nitrogens with zero attached hydrogens (tertiary/aromatic N) is 2. The third kappa shape index (κ3) is 3.39. The lowest BCUT2D eigenvalue weighted by molar-refractivity contribution is 0.192. The van der Waals surface area contributed by atoms with E-state index in [-0.39, 0.29) is 11.9 Å². The Kier molecular flexibility index (Phi) is 4.28. The summed E-state index contributed by atoms with van der Waals surface area (Å²) in [5.41, 5.74) is 1.68. The Labute approximate surface area is 118 Å². The van der Waals surface area contributed by atoms with Crippen molar-refractivity contribution in [1.29, 1.82) is 5.26 Å². The van der Waals surface area contributed by atoms with Gasteiger partial charge in [-0.1, -0.05) is 17.7 Å². The number of anilines is 1. The lowest BCUT2D eigenvalue weighted by atomic mass is 9.99. The third-order valence-electron chi connectivity index (χ3n) is 3.39. The molecule has 1 aliphatic heterocycles. The minimum Gasteiger partial charge on any atom is -0.324 e. The van der Waals surface area contributed by atoms with Crippen molar-refractivity contribution in [3.63, 3.8) is 0 Å². The highest BCUT2D eigenvalue weighted by Gasteiger charge is 2.22. The number of rotatable bonds is 1. The maximum atomic E-state index is 12.0. The van der Waals surface area contributed by atoms with Gasteiger partial charge in [0.25, 0.3) is 0 Å². The second-order valence-corrected chi connectivity index (χ2v) is 5.19. The van der Waals surface area contributed by atoms with Gasteiger partial charge < -0.3 is 10.2 Å². The number of likely N-dealkylation sites (tertiary alicyclic amines) is 1. The fraction of sp³-hybridized carbons (Fsp3) is 0.429. The van der Waals surface area contributed by atoms with Crippen molar-refractivity contribution in [2.45, 2.75) is 19.8 Å². The molecule has 1 aliphatic rings. The summed E-state index contributed by atoms with van der Waals surface area (Å²) in [7, 11) is 0. The average molecular weight is 278 g/mol. The molecule has 19 heavy (non-hydrogen) atoms. The molecule has 1 aromatic rings. The zero-order valence-corrected chi connectivity index (χ0v) is 11.6. The summed E-state index contributed by atoms with van der Waals surface area (Å²) in [4.78, 5) is 13.8. The van der Waals surface area contributed by atoms with Crippen LogP contribution in [-0.4, -0.2) is 24.0 Å². The zero-order chi connectivity index (χ0) is 13.8. The van der Waals surface area contributed by atoms with Crippen molar-refractivity contribution in [1.82, 2.24) is 4.90 Å². The maximum Gasteiger partial charge on any atom is 0.321 e. The summed E-state index contributed by atoms with van der Waals surface area (Å²) in [5.74, 6) is 0.0814. The van der Waals surface area contributed by atoms with Crippen molar-refractivity contribution >= 4 is 23.3 Å². The topological polar surface area (TPSA) is 56.1 Å². The smallest absolute Gasteiger partial charge is 0.321 e. The maximum absolute atomic E-state index is 12.0. The summed E-state index contributed by atoms with van der Waals surface area (Å²) in [6.45, 7) is 3.17. The molecule has 5 heteroatoms. The number of hydrogen-bond acceptors (Lipinski definition) is 2. The van der Waals surface area contributed by atoms with Crippen LogP contribution >= 0.6 is 11.6 Å². The number of nitrogens with one attached hydrogen (secondary N) is 1. The van der Waals surface area contributed by atoms with Crippen molar-refractivity contribution in [2.24, 2.45) is 5.92 Å². The SMILES string of the molecule is Cc1ccc(NC(=O)N2CCC(C#N)CC2)cc1Cl. The quantitative estimate of drug-likeness (QED) is 0.855. The van der Waals surface area contributed by atoms with Gasteiger partial charge in [-0.05, 0) is 37.5 Å². The normalized spacial score (nSPS) is 15.9. The molecule has 1 N–H and O–H groups in total. The Bertz CT molecular complexity index is 516. The van der Waals surface area contributed by atoms with E-state index in [0.717, 1.165) is 18.4 Å². The van der Waals surface area contributed by atoms with Crippen LogP contribution in [0.15, 0.2) is 18.2 Å². The minimum absolute atomic E-state index is 0.0814. The van der Waals surface area contributed by atoms with Gasteiger partial charge in [-0.25, -0.2) is 4.79 Å². The summed E-state index contributed by atoms with van der Waals surface area (Å²) in [5, 5.41) is 12.3. The highest BCUT2D eigenvalue weighted by Crippen LogP contribution is 2.21. The molecular formula is C14H16ClN3O. The Morgan fingerprint density at radius 2 is 2.16 bits per heavy atom. The molecular weight excluding hydrogens is 262 g/mol. The molecule has 0 saturated carbocycles. The van der Waals surface area contributed by atoms with Crippen LogP contribution in [0.5, 0.6) is 0 Å². The predicted octanol–water partition coefficient (Wildman–Crippen LogP) is 3.42. The fourth-order valence-corrected chi connectivity index (χ4v) is 2.27. The number of aryl methyl sites for hydroxylation is 1. The van der Waals surface area contributed by atoms with Gasteiger partial charge >= 0.3 is 6.03 Å². The summed E-state index contributed by atoms with van der Waals surface area (Å²) in [6.07, 6.45) is 1.50. The average Bonchev–Trinajstić information content (AvgIpc) is 2.43. The minimum atomic E-state index is -0.128. The van der Waals surface area contributed by atoms with Crippen molar-refractivity contribution in [2.75, 3.05) is 18.4 Å². The number of piperidine rings is 1. The van der Waals surface area contributed by atoms with Crippen molar-refractivity contribution < 1.29 is 4.79 Å². The summed E-state index contributed by atoms with van der Waals surface area (Å²) < 4.78 is 0. The van der Waals surface area contributed by atoms with Crippen molar-refractivity contribution in [3.8, 4) is 6.07 Å². The second kappa shape index (κ2) is 5.94. The molecule has 1 saturated heterocycles. The molecule has 0 spiro atoms. The first-order valence-electron chi connectivity index (χ1n) is 6.32. The fourth-order valence-electron chi connectivity index (χ4n) is 2.08. The highest BCUT2D eigenvalue weighted by atomic mass is 35.5. The zero-order valence-electron chi connectivity index (χ0n) is 10.8. The lowest BCUT2D eigenvalue weighted by Crippen LogP contribution is -2.40. The van der Waals surface area contributed by atoms with Gasteiger partial charge in [-0.2, -0.15) is 5.26 Å². The Hall–Kier alpha value is -1.73. The van der Waals surface area contributed by atoms with Crippen LogP contribution in [0.2, 0.25) is 5.02 Å². The van der Waals surface area contributed by atoms with E-state index in [1.807, 2.05) is 19.1 Å². The van der Waals surface area contributed by atoms with Crippen LogP contribution in [0.4, 0.5) is 10.5 Å². The van der Waals surface area contributed by atoms with Crippen LogP contribution in [0.1, 0.15) is 18.4 Å². The Balaban J connectivity index is 1.94. The van der Waals surface area contributed by atoms with Crippen LogP contribution in [0.25, 0.3) is 0 Å².